The maximum Gasteiger partial charge on any atom is 0.151 e. The van der Waals surface area contributed by atoms with Crippen molar-refractivity contribution in [3.8, 4) is 11.8 Å². The van der Waals surface area contributed by atoms with E-state index < -0.39 is 0 Å². The fourth-order valence-electron chi connectivity index (χ4n) is 0.994. The molecule has 4 heteroatoms. The second kappa shape index (κ2) is 5.38. The van der Waals surface area contributed by atoms with Gasteiger partial charge in [-0.05, 0) is 34.5 Å². The van der Waals surface area contributed by atoms with Crippen LogP contribution in [0, 0.1) is 11.3 Å². The molecule has 0 aliphatic heterocycles. The molecule has 0 aliphatic rings. The van der Waals surface area contributed by atoms with Gasteiger partial charge in [0, 0.05) is 4.47 Å². The van der Waals surface area contributed by atoms with Crippen LogP contribution in [0.2, 0.25) is 0 Å². The number of nitrogens with zero attached hydrogens (tertiary/aromatic N) is 1. The molecule has 0 bridgehead atoms. The number of nitriles is 1. The molecular weight excluding hydrogens is 310 g/mol. The molecule has 0 saturated heterocycles. The number of benzene rings is 1. The zero-order valence-corrected chi connectivity index (χ0v) is 10.9. The number of ether oxygens (including phenoxy) is 1. The van der Waals surface area contributed by atoms with E-state index in [2.05, 4.69) is 37.9 Å². The molecule has 1 aromatic carbocycles. The monoisotopic (exact) mass is 317 g/mol. The third-order valence-electron chi connectivity index (χ3n) is 1.58. The third kappa shape index (κ3) is 2.73. The van der Waals surface area contributed by atoms with Crippen LogP contribution in [0.15, 0.2) is 21.1 Å². The molecule has 0 atom stereocenters. The predicted octanol–water partition coefficient (Wildman–Crippen LogP) is 3.87. The van der Waals surface area contributed by atoms with Gasteiger partial charge in [0.2, 0.25) is 0 Å². The van der Waals surface area contributed by atoms with Crippen LogP contribution in [0.4, 0.5) is 0 Å². The number of rotatable bonds is 3. The molecule has 0 heterocycles. The van der Waals surface area contributed by atoms with Crippen LogP contribution in [0.5, 0.6) is 5.75 Å². The Labute approximate surface area is 100 Å². The Morgan fingerprint density at radius 2 is 2.14 bits per heavy atom. The lowest BCUT2D eigenvalue weighted by molar-refractivity contribution is 0.314. The average Bonchev–Trinajstić information content (AvgIpc) is 2.15. The van der Waals surface area contributed by atoms with E-state index in [9.17, 15) is 0 Å². The van der Waals surface area contributed by atoms with Crippen molar-refractivity contribution in [2.24, 2.45) is 0 Å². The van der Waals surface area contributed by atoms with E-state index in [0.717, 1.165) is 15.4 Å². The van der Waals surface area contributed by atoms with Crippen LogP contribution < -0.4 is 4.74 Å². The Bertz CT molecular complexity index is 371. The van der Waals surface area contributed by atoms with Gasteiger partial charge in [-0.1, -0.05) is 22.9 Å². The Morgan fingerprint density at radius 3 is 2.71 bits per heavy atom. The van der Waals surface area contributed by atoms with Crippen LogP contribution in [0.25, 0.3) is 0 Å². The standard InChI is InChI=1S/C10H9Br2NO/c1-2-3-14-10-7(6-13)4-8(11)5-9(10)12/h4-5H,2-3H2,1H3. The first-order valence-electron chi connectivity index (χ1n) is 4.21. The van der Waals surface area contributed by atoms with E-state index in [0.29, 0.717) is 17.9 Å². The smallest absolute Gasteiger partial charge is 0.151 e. The van der Waals surface area contributed by atoms with Crippen LogP contribution >= 0.6 is 31.9 Å². The van der Waals surface area contributed by atoms with Gasteiger partial charge in [0.15, 0.2) is 5.75 Å². The predicted molar refractivity (Wildman–Crippen MR) is 62.3 cm³/mol. The molecule has 0 fully saturated rings. The lowest BCUT2D eigenvalue weighted by Crippen LogP contribution is -1.98. The normalized spacial score (nSPS) is 9.57. The van der Waals surface area contributed by atoms with Crippen LogP contribution in [0.1, 0.15) is 18.9 Å². The van der Waals surface area contributed by atoms with Gasteiger partial charge in [-0.3, -0.25) is 0 Å². The highest BCUT2D eigenvalue weighted by Gasteiger charge is 2.09. The van der Waals surface area contributed by atoms with Gasteiger partial charge in [0.1, 0.15) is 6.07 Å². The first-order valence-corrected chi connectivity index (χ1v) is 5.79. The Morgan fingerprint density at radius 1 is 1.43 bits per heavy atom. The van der Waals surface area contributed by atoms with E-state index >= 15 is 0 Å². The number of halogens is 2. The summed E-state index contributed by atoms with van der Waals surface area (Å²) in [5, 5.41) is 8.89. The zero-order valence-electron chi connectivity index (χ0n) is 7.68. The van der Waals surface area contributed by atoms with Gasteiger partial charge in [-0.15, -0.1) is 0 Å². The highest BCUT2D eigenvalue weighted by molar-refractivity contribution is 9.11. The van der Waals surface area contributed by atoms with Gasteiger partial charge in [0.05, 0.1) is 16.6 Å². The van der Waals surface area contributed by atoms with E-state index in [4.69, 9.17) is 10.00 Å². The van der Waals surface area contributed by atoms with Crippen LogP contribution in [-0.4, -0.2) is 6.61 Å². The molecule has 1 rings (SSSR count). The summed E-state index contributed by atoms with van der Waals surface area (Å²) in [4.78, 5) is 0. The maximum atomic E-state index is 8.89. The Hall–Kier alpha value is -0.530. The first kappa shape index (κ1) is 11.5. The number of hydrogen-bond acceptors (Lipinski definition) is 2. The Kier molecular flexibility index (Phi) is 4.43. The molecule has 0 aliphatic carbocycles. The quantitative estimate of drug-likeness (QED) is 0.847. The second-order valence-corrected chi connectivity index (χ2v) is 4.49. The highest BCUT2D eigenvalue weighted by atomic mass is 79.9. The molecule has 0 amide bonds. The average molecular weight is 319 g/mol. The summed E-state index contributed by atoms with van der Waals surface area (Å²) < 4.78 is 7.14. The summed E-state index contributed by atoms with van der Waals surface area (Å²) in [5.74, 6) is 0.623. The maximum absolute atomic E-state index is 8.89. The van der Waals surface area contributed by atoms with Gasteiger partial charge in [-0.25, -0.2) is 0 Å². The number of hydrogen-bond donors (Lipinski definition) is 0. The van der Waals surface area contributed by atoms with E-state index in [1.807, 2.05) is 13.0 Å². The summed E-state index contributed by atoms with van der Waals surface area (Å²) in [6.45, 7) is 2.65. The molecule has 0 spiro atoms. The topological polar surface area (TPSA) is 33.0 Å². The Balaban J connectivity index is 3.07. The van der Waals surface area contributed by atoms with E-state index in [-0.39, 0.29) is 0 Å². The SMILES string of the molecule is CCCOc1c(Br)cc(Br)cc1C#N. The van der Waals surface area contributed by atoms with E-state index in [1.54, 1.807) is 6.07 Å². The fourth-order valence-corrected chi connectivity index (χ4v) is 2.33. The van der Waals surface area contributed by atoms with Crippen molar-refractivity contribution in [3.63, 3.8) is 0 Å². The minimum atomic E-state index is 0.541. The first-order chi connectivity index (χ1) is 6.69. The van der Waals surface area contributed by atoms with Gasteiger partial charge < -0.3 is 4.74 Å². The molecule has 74 valence electrons. The molecule has 0 N–H and O–H groups in total. The molecule has 2 nitrogen and oxygen atoms in total. The summed E-state index contributed by atoms with van der Waals surface area (Å²) >= 11 is 6.68. The van der Waals surface area contributed by atoms with Gasteiger partial charge in [0.25, 0.3) is 0 Å². The molecule has 0 radical (unpaired) electrons. The lowest BCUT2D eigenvalue weighted by atomic mass is 10.2. The van der Waals surface area contributed by atoms with Crippen LogP contribution in [0.3, 0.4) is 0 Å². The molecule has 0 aromatic heterocycles. The van der Waals surface area contributed by atoms with E-state index in [1.165, 1.54) is 0 Å². The van der Waals surface area contributed by atoms with Crippen molar-refractivity contribution < 1.29 is 4.74 Å². The van der Waals surface area contributed by atoms with Crippen molar-refractivity contribution in [1.29, 1.82) is 5.26 Å². The van der Waals surface area contributed by atoms with Crippen molar-refractivity contribution in [3.05, 3.63) is 26.6 Å². The van der Waals surface area contributed by atoms with Gasteiger partial charge in [-0.2, -0.15) is 5.26 Å². The summed E-state index contributed by atoms with van der Waals surface area (Å²) in [6.07, 6.45) is 0.924. The molecule has 0 unspecified atom stereocenters. The van der Waals surface area contributed by atoms with Crippen molar-refractivity contribution in [2.45, 2.75) is 13.3 Å². The third-order valence-corrected chi connectivity index (χ3v) is 2.63. The minimum Gasteiger partial charge on any atom is -0.491 e. The molecule has 1 aromatic rings. The van der Waals surface area contributed by atoms with Crippen molar-refractivity contribution in [2.75, 3.05) is 6.61 Å². The highest BCUT2D eigenvalue weighted by Crippen LogP contribution is 2.32. The van der Waals surface area contributed by atoms with Gasteiger partial charge >= 0.3 is 0 Å². The van der Waals surface area contributed by atoms with Crippen LogP contribution in [-0.2, 0) is 0 Å². The minimum absolute atomic E-state index is 0.541. The van der Waals surface area contributed by atoms with Crippen molar-refractivity contribution in [1.82, 2.24) is 0 Å². The second-order valence-electron chi connectivity index (χ2n) is 2.72. The summed E-state index contributed by atoms with van der Waals surface area (Å²) in [5.41, 5.74) is 0.541. The zero-order chi connectivity index (χ0) is 10.6. The lowest BCUT2D eigenvalue weighted by Gasteiger charge is -2.09. The molecule has 14 heavy (non-hydrogen) atoms. The summed E-state index contributed by atoms with van der Waals surface area (Å²) in [7, 11) is 0. The van der Waals surface area contributed by atoms with Crippen molar-refractivity contribution >= 4 is 31.9 Å². The largest absolute Gasteiger partial charge is 0.491 e. The summed E-state index contributed by atoms with van der Waals surface area (Å²) in [6, 6.07) is 5.71. The molecule has 0 saturated carbocycles. The fraction of sp³-hybridized carbons (Fsp3) is 0.300. The molecular formula is C10H9Br2NO.